The van der Waals surface area contributed by atoms with E-state index < -0.39 is 6.10 Å². The van der Waals surface area contributed by atoms with E-state index in [9.17, 15) is 4.79 Å². The summed E-state index contributed by atoms with van der Waals surface area (Å²) in [5.41, 5.74) is 2.83. The number of aromatic nitrogens is 3. The number of benzene rings is 1. The number of piperidine rings is 1. The molecule has 1 atom stereocenters. The van der Waals surface area contributed by atoms with Crippen molar-refractivity contribution in [2.45, 2.75) is 25.5 Å². The van der Waals surface area contributed by atoms with Crippen LogP contribution in [-0.2, 0) is 23.1 Å². The van der Waals surface area contributed by atoms with Gasteiger partial charge in [0, 0.05) is 51.0 Å². The number of amides is 1. The summed E-state index contributed by atoms with van der Waals surface area (Å²) in [5, 5.41) is 5.26. The number of carbonyl (C=O) groups excluding carboxylic acids is 1. The Morgan fingerprint density at radius 2 is 2.06 bits per heavy atom. The standard InChI is InChI=1S/C23H27N5O3/c1-26-16-18(14-25-26)28-9-3-5-21(23(28)29)31-20-7-6-17(15-27-10-12-30-13-11-27)19-4-2-8-24-22(19)20/h2,4,6-8,14,16,21H,3,5,9-13,15H2,1H3. The first-order valence-corrected chi connectivity index (χ1v) is 10.8. The normalized spacial score (nSPS) is 20.4. The molecule has 1 amide bonds. The minimum absolute atomic E-state index is 0.0271. The lowest BCUT2D eigenvalue weighted by atomic mass is 10.1. The van der Waals surface area contributed by atoms with Gasteiger partial charge >= 0.3 is 0 Å². The van der Waals surface area contributed by atoms with Crippen LogP contribution in [0.25, 0.3) is 10.9 Å². The van der Waals surface area contributed by atoms with Crippen molar-refractivity contribution in [1.29, 1.82) is 0 Å². The third-order valence-corrected chi connectivity index (χ3v) is 5.98. The fraction of sp³-hybridized carbons (Fsp3) is 0.435. The lowest BCUT2D eigenvalue weighted by Gasteiger charge is -2.31. The molecule has 0 spiro atoms. The van der Waals surface area contributed by atoms with Crippen LogP contribution in [0, 0.1) is 0 Å². The second kappa shape index (κ2) is 8.64. The minimum Gasteiger partial charge on any atom is -0.478 e. The van der Waals surface area contributed by atoms with Gasteiger partial charge in [0.25, 0.3) is 5.91 Å². The van der Waals surface area contributed by atoms with Crippen LogP contribution in [0.4, 0.5) is 5.69 Å². The van der Waals surface area contributed by atoms with Crippen molar-refractivity contribution in [3.63, 3.8) is 0 Å². The van der Waals surface area contributed by atoms with E-state index >= 15 is 0 Å². The molecule has 2 aromatic heterocycles. The number of aryl methyl sites for hydroxylation is 1. The maximum absolute atomic E-state index is 13.1. The number of fused-ring (bicyclic) bond motifs is 1. The first-order valence-electron chi connectivity index (χ1n) is 10.8. The Kier molecular flexibility index (Phi) is 5.57. The van der Waals surface area contributed by atoms with Gasteiger partial charge in [-0.05, 0) is 30.5 Å². The molecular weight excluding hydrogens is 394 g/mol. The second-order valence-electron chi connectivity index (χ2n) is 8.12. The zero-order chi connectivity index (χ0) is 21.2. The summed E-state index contributed by atoms with van der Waals surface area (Å²) in [5.74, 6) is 0.633. The molecule has 8 nitrogen and oxygen atoms in total. The number of nitrogens with zero attached hydrogens (tertiary/aromatic N) is 5. The van der Waals surface area contributed by atoms with Crippen LogP contribution in [0.2, 0.25) is 0 Å². The monoisotopic (exact) mass is 421 g/mol. The third-order valence-electron chi connectivity index (χ3n) is 5.98. The smallest absolute Gasteiger partial charge is 0.268 e. The van der Waals surface area contributed by atoms with Crippen molar-refractivity contribution < 1.29 is 14.3 Å². The Hall–Kier alpha value is -2.97. The first kappa shape index (κ1) is 20.0. The topological polar surface area (TPSA) is 72.7 Å². The van der Waals surface area contributed by atoms with Crippen molar-refractivity contribution in [1.82, 2.24) is 19.7 Å². The van der Waals surface area contributed by atoms with Crippen LogP contribution < -0.4 is 9.64 Å². The van der Waals surface area contributed by atoms with Crippen molar-refractivity contribution >= 4 is 22.5 Å². The van der Waals surface area contributed by atoms with Gasteiger partial charge in [0.2, 0.25) is 0 Å². The summed E-state index contributed by atoms with van der Waals surface area (Å²) < 4.78 is 13.4. The summed E-state index contributed by atoms with van der Waals surface area (Å²) in [7, 11) is 1.85. The molecule has 0 saturated carbocycles. The largest absolute Gasteiger partial charge is 0.478 e. The van der Waals surface area contributed by atoms with Crippen LogP contribution >= 0.6 is 0 Å². The molecule has 0 N–H and O–H groups in total. The van der Waals surface area contributed by atoms with Crippen molar-refractivity contribution in [2.75, 3.05) is 37.7 Å². The highest BCUT2D eigenvalue weighted by molar-refractivity contribution is 5.97. The van der Waals surface area contributed by atoms with Gasteiger partial charge < -0.3 is 14.4 Å². The summed E-state index contributed by atoms with van der Waals surface area (Å²) in [6, 6.07) is 8.09. The number of pyridine rings is 1. The predicted molar refractivity (Wildman–Crippen MR) is 117 cm³/mol. The summed E-state index contributed by atoms with van der Waals surface area (Å²) in [4.78, 5) is 21.9. The zero-order valence-electron chi connectivity index (χ0n) is 17.7. The molecule has 0 bridgehead atoms. The summed E-state index contributed by atoms with van der Waals surface area (Å²) in [6.45, 7) is 4.94. The van der Waals surface area contributed by atoms with Crippen LogP contribution in [0.1, 0.15) is 18.4 Å². The van der Waals surface area contributed by atoms with E-state index in [1.807, 2.05) is 25.4 Å². The number of morpholine rings is 1. The fourth-order valence-electron chi connectivity index (χ4n) is 4.35. The Morgan fingerprint density at radius 3 is 2.87 bits per heavy atom. The van der Waals surface area contributed by atoms with E-state index in [-0.39, 0.29) is 5.91 Å². The van der Waals surface area contributed by atoms with Crippen LogP contribution in [0.15, 0.2) is 42.9 Å². The highest BCUT2D eigenvalue weighted by Gasteiger charge is 2.32. The van der Waals surface area contributed by atoms with E-state index in [1.54, 1.807) is 22.0 Å². The molecule has 1 aromatic carbocycles. The molecule has 8 heteroatoms. The SMILES string of the molecule is Cn1cc(N2CCCC(Oc3ccc(CN4CCOCC4)c4cccnc34)C2=O)cn1. The number of rotatable bonds is 5. The number of carbonyl (C=O) groups is 1. The van der Waals surface area contributed by atoms with Gasteiger partial charge in [0.15, 0.2) is 6.10 Å². The molecule has 4 heterocycles. The van der Waals surface area contributed by atoms with Gasteiger partial charge in [0.05, 0.1) is 25.1 Å². The molecule has 0 radical (unpaired) electrons. The van der Waals surface area contributed by atoms with E-state index in [4.69, 9.17) is 9.47 Å². The Labute approximate surface area is 181 Å². The Bertz CT molecular complexity index is 1080. The lowest BCUT2D eigenvalue weighted by Crippen LogP contribution is -2.46. The molecule has 5 rings (SSSR count). The molecule has 2 saturated heterocycles. The predicted octanol–water partition coefficient (Wildman–Crippen LogP) is 2.37. The molecule has 1 unspecified atom stereocenters. The maximum atomic E-state index is 13.1. The lowest BCUT2D eigenvalue weighted by molar-refractivity contribution is -0.126. The fourth-order valence-corrected chi connectivity index (χ4v) is 4.35. The van der Waals surface area contributed by atoms with Gasteiger partial charge in [0.1, 0.15) is 11.3 Å². The third kappa shape index (κ3) is 4.13. The number of anilines is 1. The average Bonchev–Trinajstić information content (AvgIpc) is 3.23. The molecule has 31 heavy (non-hydrogen) atoms. The van der Waals surface area contributed by atoms with E-state index in [0.29, 0.717) is 18.7 Å². The first-order chi connectivity index (χ1) is 15.2. The Balaban J connectivity index is 1.39. The quantitative estimate of drug-likeness (QED) is 0.630. The second-order valence-corrected chi connectivity index (χ2v) is 8.12. The molecule has 2 aliphatic rings. The van der Waals surface area contributed by atoms with Crippen molar-refractivity contribution in [2.24, 2.45) is 7.05 Å². The van der Waals surface area contributed by atoms with Crippen molar-refractivity contribution in [3.8, 4) is 5.75 Å². The zero-order valence-corrected chi connectivity index (χ0v) is 17.7. The minimum atomic E-state index is -0.524. The van der Waals surface area contributed by atoms with Gasteiger partial charge in [-0.25, -0.2) is 0 Å². The van der Waals surface area contributed by atoms with Gasteiger partial charge in [-0.2, -0.15) is 5.10 Å². The molecular formula is C23H27N5O3. The average molecular weight is 422 g/mol. The highest BCUT2D eigenvalue weighted by atomic mass is 16.5. The summed E-state index contributed by atoms with van der Waals surface area (Å²) >= 11 is 0. The van der Waals surface area contributed by atoms with Gasteiger partial charge in [-0.3, -0.25) is 19.4 Å². The van der Waals surface area contributed by atoms with E-state index in [1.165, 1.54) is 5.56 Å². The summed E-state index contributed by atoms with van der Waals surface area (Å²) in [6.07, 6.45) is 6.41. The molecule has 0 aliphatic carbocycles. The van der Waals surface area contributed by atoms with Crippen molar-refractivity contribution in [3.05, 3.63) is 48.4 Å². The number of ether oxygens (including phenoxy) is 2. The Morgan fingerprint density at radius 1 is 1.19 bits per heavy atom. The molecule has 162 valence electrons. The highest BCUT2D eigenvalue weighted by Crippen LogP contribution is 2.31. The number of hydrogen-bond donors (Lipinski definition) is 0. The van der Waals surface area contributed by atoms with E-state index in [2.05, 4.69) is 27.1 Å². The number of hydrogen-bond acceptors (Lipinski definition) is 6. The maximum Gasteiger partial charge on any atom is 0.268 e. The van der Waals surface area contributed by atoms with Gasteiger partial charge in [-0.1, -0.05) is 12.1 Å². The van der Waals surface area contributed by atoms with Gasteiger partial charge in [-0.15, -0.1) is 0 Å². The van der Waals surface area contributed by atoms with Crippen LogP contribution in [0.5, 0.6) is 5.75 Å². The van der Waals surface area contributed by atoms with Crippen LogP contribution in [-0.4, -0.2) is 64.5 Å². The van der Waals surface area contributed by atoms with Crippen LogP contribution in [0.3, 0.4) is 0 Å². The van der Waals surface area contributed by atoms with E-state index in [0.717, 1.165) is 55.9 Å². The molecule has 2 fully saturated rings. The molecule has 2 aliphatic heterocycles. The molecule has 3 aromatic rings.